The van der Waals surface area contributed by atoms with Crippen molar-refractivity contribution in [2.24, 2.45) is 0 Å². The van der Waals surface area contributed by atoms with Gasteiger partial charge in [-0.1, -0.05) is 146 Å². The van der Waals surface area contributed by atoms with Gasteiger partial charge in [-0.3, -0.25) is 0 Å². The molecule has 0 N–H and O–H groups in total. The molecule has 8 aromatic carbocycles. The fourth-order valence-electron chi connectivity index (χ4n) is 8.16. The summed E-state index contributed by atoms with van der Waals surface area (Å²) < 4.78 is 4.85. The van der Waals surface area contributed by atoms with Crippen LogP contribution in [0.25, 0.3) is 104 Å². The van der Waals surface area contributed by atoms with Crippen molar-refractivity contribution in [2.45, 2.75) is 0 Å². The van der Waals surface area contributed by atoms with E-state index in [2.05, 4.69) is 120 Å². The first-order valence-electron chi connectivity index (χ1n) is 19.2. The highest BCUT2D eigenvalue weighted by Gasteiger charge is 2.22. The molecule has 11 rings (SSSR count). The number of para-hydroxylation sites is 1. The normalized spacial score (nSPS) is 11.4. The third kappa shape index (κ3) is 5.64. The number of hydrogen-bond donors (Lipinski definition) is 0. The number of nitriles is 1. The molecular formula is C52H31N5S. The molecule has 58 heavy (non-hydrogen) atoms. The van der Waals surface area contributed by atoms with E-state index in [9.17, 15) is 5.26 Å². The Kier molecular flexibility index (Phi) is 7.99. The van der Waals surface area contributed by atoms with Crippen molar-refractivity contribution in [1.82, 2.24) is 19.5 Å². The standard InChI is InChI=1S/C52H31N5S/c53-32-33-13-11-18-36(29-33)37-25-27-41-40-19-7-9-23-45(40)57(47(41)31-37)46-28-26-38(39-21-12-22-43-42-20-8-10-24-48(42)58-49(39)43)30-44(46)52-55-50(34-14-3-1-4-15-34)54-51(56-52)35-16-5-2-6-17-35/h1-31H. The largest absolute Gasteiger partial charge is 0.308 e. The van der Waals surface area contributed by atoms with E-state index < -0.39 is 0 Å². The van der Waals surface area contributed by atoms with Crippen molar-refractivity contribution >= 4 is 53.3 Å². The third-order valence-electron chi connectivity index (χ3n) is 10.9. The van der Waals surface area contributed by atoms with E-state index >= 15 is 0 Å². The fraction of sp³-hybridized carbons (Fsp3) is 0. The summed E-state index contributed by atoms with van der Waals surface area (Å²) in [6.45, 7) is 0. The Hall–Kier alpha value is -7.72. The Morgan fingerprint density at radius 1 is 0.414 bits per heavy atom. The minimum Gasteiger partial charge on any atom is -0.308 e. The number of rotatable bonds is 6. The van der Waals surface area contributed by atoms with E-state index in [0.29, 0.717) is 23.0 Å². The third-order valence-corrected chi connectivity index (χ3v) is 12.1. The molecule has 0 aliphatic carbocycles. The number of benzene rings is 8. The topological polar surface area (TPSA) is 67.4 Å². The molecule has 0 atom stereocenters. The van der Waals surface area contributed by atoms with Gasteiger partial charge in [0.2, 0.25) is 0 Å². The number of thiophene rings is 1. The van der Waals surface area contributed by atoms with Gasteiger partial charge in [0.05, 0.1) is 28.4 Å². The molecule has 0 amide bonds. The van der Waals surface area contributed by atoms with Crippen molar-refractivity contribution in [3.8, 4) is 68.2 Å². The zero-order valence-electron chi connectivity index (χ0n) is 31.0. The minimum atomic E-state index is 0.580. The first kappa shape index (κ1) is 33.6. The molecule has 0 aliphatic rings. The zero-order valence-corrected chi connectivity index (χ0v) is 31.9. The Morgan fingerprint density at radius 3 is 1.79 bits per heavy atom. The average Bonchev–Trinajstić information content (AvgIpc) is 3.85. The lowest BCUT2D eigenvalue weighted by atomic mass is 9.99. The van der Waals surface area contributed by atoms with Gasteiger partial charge in [0.1, 0.15) is 0 Å². The van der Waals surface area contributed by atoms with Crippen LogP contribution in [0.4, 0.5) is 0 Å². The summed E-state index contributed by atoms with van der Waals surface area (Å²) in [4.78, 5) is 15.6. The fourth-order valence-corrected chi connectivity index (χ4v) is 9.40. The predicted octanol–water partition coefficient (Wildman–Crippen LogP) is 13.5. The number of aromatic nitrogens is 4. The highest BCUT2D eigenvalue weighted by molar-refractivity contribution is 7.26. The Labute approximate surface area is 338 Å². The van der Waals surface area contributed by atoms with Crippen molar-refractivity contribution in [3.05, 3.63) is 194 Å². The van der Waals surface area contributed by atoms with Gasteiger partial charge in [-0.05, 0) is 64.7 Å². The average molecular weight is 758 g/mol. The van der Waals surface area contributed by atoms with E-state index in [4.69, 9.17) is 15.0 Å². The Bertz CT molecular complexity index is 3360. The molecule has 0 spiro atoms. The summed E-state index contributed by atoms with van der Waals surface area (Å²) in [7, 11) is 0. The van der Waals surface area contributed by atoms with Crippen molar-refractivity contribution in [2.75, 3.05) is 0 Å². The monoisotopic (exact) mass is 757 g/mol. The molecule has 5 nitrogen and oxygen atoms in total. The summed E-state index contributed by atoms with van der Waals surface area (Å²) in [6, 6.07) is 67.4. The lowest BCUT2D eigenvalue weighted by molar-refractivity contribution is 1.06. The van der Waals surface area contributed by atoms with Crippen LogP contribution in [0.5, 0.6) is 0 Å². The molecule has 0 unspecified atom stereocenters. The minimum absolute atomic E-state index is 0.580. The molecule has 11 aromatic rings. The highest BCUT2D eigenvalue weighted by Crippen LogP contribution is 2.43. The van der Waals surface area contributed by atoms with Gasteiger partial charge in [-0.2, -0.15) is 5.26 Å². The van der Waals surface area contributed by atoms with Crippen molar-refractivity contribution in [1.29, 1.82) is 5.26 Å². The van der Waals surface area contributed by atoms with Gasteiger partial charge in [-0.25, -0.2) is 15.0 Å². The number of nitrogens with zero attached hydrogens (tertiary/aromatic N) is 5. The van der Waals surface area contributed by atoms with Gasteiger partial charge in [0.25, 0.3) is 0 Å². The summed E-state index contributed by atoms with van der Waals surface area (Å²) in [5, 5.41) is 14.5. The van der Waals surface area contributed by atoms with Crippen LogP contribution < -0.4 is 0 Å². The SMILES string of the molecule is N#Cc1cccc(-c2ccc3c4ccccc4n(-c4ccc(-c5cccc6c5sc5ccccc56)cc4-c4nc(-c5ccccc5)nc(-c5ccccc5)n4)c3c2)c1. The zero-order chi connectivity index (χ0) is 38.6. The van der Waals surface area contributed by atoms with Crippen LogP contribution >= 0.6 is 11.3 Å². The molecule has 3 heterocycles. The predicted molar refractivity (Wildman–Crippen MR) is 239 cm³/mol. The van der Waals surface area contributed by atoms with E-state index in [1.54, 1.807) is 0 Å². The highest BCUT2D eigenvalue weighted by atomic mass is 32.1. The molecule has 0 saturated carbocycles. The Morgan fingerprint density at radius 2 is 1.02 bits per heavy atom. The maximum Gasteiger partial charge on any atom is 0.166 e. The summed E-state index contributed by atoms with van der Waals surface area (Å²) in [5.41, 5.74) is 10.7. The smallest absolute Gasteiger partial charge is 0.166 e. The summed E-state index contributed by atoms with van der Waals surface area (Å²) in [5.74, 6) is 1.79. The molecule has 270 valence electrons. The molecular weight excluding hydrogens is 727 g/mol. The van der Waals surface area contributed by atoms with Gasteiger partial charge in [0, 0.05) is 47.6 Å². The van der Waals surface area contributed by atoms with Crippen LogP contribution in [0.2, 0.25) is 0 Å². The molecule has 3 aromatic heterocycles. The molecule has 0 fully saturated rings. The van der Waals surface area contributed by atoms with Crippen molar-refractivity contribution < 1.29 is 0 Å². The molecule has 0 bridgehead atoms. The summed E-state index contributed by atoms with van der Waals surface area (Å²) >= 11 is 1.83. The van der Waals surface area contributed by atoms with E-state index in [1.165, 1.54) is 20.2 Å². The lowest BCUT2D eigenvalue weighted by Crippen LogP contribution is -2.04. The molecule has 0 radical (unpaired) electrons. The van der Waals surface area contributed by atoms with Crippen LogP contribution in [0.15, 0.2) is 188 Å². The van der Waals surface area contributed by atoms with Gasteiger partial charge >= 0.3 is 0 Å². The molecule has 6 heteroatoms. The maximum atomic E-state index is 9.72. The van der Waals surface area contributed by atoms with Crippen LogP contribution in [0, 0.1) is 11.3 Å². The van der Waals surface area contributed by atoms with Crippen LogP contribution in [-0.2, 0) is 0 Å². The second kappa shape index (κ2) is 13.8. The second-order valence-electron chi connectivity index (χ2n) is 14.3. The van der Waals surface area contributed by atoms with Crippen LogP contribution in [-0.4, -0.2) is 19.5 Å². The molecule has 0 saturated heterocycles. The van der Waals surface area contributed by atoms with Gasteiger partial charge in [0.15, 0.2) is 17.5 Å². The second-order valence-corrected chi connectivity index (χ2v) is 15.4. The van der Waals surface area contributed by atoms with E-state index in [0.717, 1.165) is 66.4 Å². The van der Waals surface area contributed by atoms with E-state index in [-0.39, 0.29) is 0 Å². The van der Waals surface area contributed by atoms with Gasteiger partial charge in [-0.15, -0.1) is 11.3 Å². The first-order valence-corrected chi connectivity index (χ1v) is 20.0. The Balaban J connectivity index is 1.22. The quantitative estimate of drug-likeness (QED) is 0.169. The first-order chi connectivity index (χ1) is 28.7. The van der Waals surface area contributed by atoms with Gasteiger partial charge < -0.3 is 4.57 Å². The summed E-state index contributed by atoms with van der Waals surface area (Å²) in [6.07, 6.45) is 0. The van der Waals surface area contributed by atoms with Crippen molar-refractivity contribution in [3.63, 3.8) is 0 Å². The molecule has 0 aliphatic heterocycles. The lowest BCUT2D eigenvalue weighted by Gasteiger charge is -2.17. The van der Waals surface area contributed by atoms with Crippen LogP contribution in [0.3, 0.4) is 0 Å². The number of hydrogen-bond acceptors (Lipinski definition) is 5. The van der Waals surface area contributed by atoms with Crippen LogP contribution in [0.1, 0.15) is 5.56 Å². The van der Waals surface area contributed by atoms with E-state index in [1.807, 2.05) is 90.2 Å². The maximum absolute atomic E-state index is 9.72. The number of fused-ring (bicyclic) bond motifs is 6.